The van der Waals surface area contributed by atoms with E-state index in [1.165, 1.54) is 0 Å². The largest absolute Gasteiger partial charge is 0.450 e. The molecule has 1 aromatic rings. The van der Waals surface area contributed by atoms with Crippen molar-refractivity contribution in [2.24, 2.45) is 10.7 Å². The van der Waals surface area contributed by atoms with Crippen LogP contribution in [0.25, 0.3) is 0 Å². The van der Waals surface area contributed by atoms with Gasteiger partial charge in [0.1, 0.15) is 0 Å². The number of nitrogens with one attached hydrogen (secondary N) is 1. The van der Waals surface area contributed by atoms with Crippen molar-refractivity contribution in [2.45, 2.75) is 39.0 Å². The molecule has 0 saturated carbocycles. The van der Waals surface area contributed by atoms with E-state index >= 15 is 0 Å². The molecule has 1 aliphatic heterocycles. The number of carbonyl (C=O) groups excluding carboxylic acids is 1. The van der Waals surface area contributed by atoms with Crippen LogP contribution in [0.5, 0.6) is 0 Å². The highest BCUT2D eigenvalue weighted by Crippen LogP contribution is 2.12. The number of nitrogens with zero attached hydrogens (tertiary/aromatic N) is 2. The smallest absolute Gasteiger partial charge is 0.409 e. The standard InChI is InChI=1S/C18H28N4O3/c1-3-25-18(23)22-9-7-16(8-10-22)21-17(19)20-12-14-5-4-6-15(11-14)13-24-2/h4-6,11,16H,3,7-10,12-13H2,1-2H3,(H3,19,20,21). The molecular formula is C18H28N4O3. The average molecular weight is 348 g/mol. The fourth-order valence-electron chi connectivity index (χ4n) is 2.84. The van der Waals surface area contributed by atoms with Crippen LogP contribution in [0, 0.1) is 0 Å². The molecule has 0 aromatic heterocycles. The van der Waals surface area contributed by atoms with Crippen molar-refractivity contribution in [3.05, 3.63) is 35.4 Å². The van der Waals surface area contributed by atoms with E-state index in [0.717, 1.165) is 24.0 Å². The van der Waals surface area contributed by atoms with E-state index in [9.17, 15) is 4.79 Å². The summed E-state index contributed by atoms with van der Waals surface area (Å²) in [4.78, 5) is 17.8. The number of carbonyl (C=O) groups is 1. The summed E-state index contributed by atoms with van der Waals surface area (Å²) in [6, 6.07) is 8.34. The number of benzene rings is 1. The Kier molecular flexibility index (Phi) is 7.53. The number of guanidine groups is 1. The summed E-state index contributed by atoms with van der Waals surface area (Å²) in [5.41, 5.74) is 8.21. The third-order valence-electron chi connectivity index (χ3n) is 4.11. The molecule has 1 aromatic carbocycles. The molecule has 0 unspecified atom stereocenters. The van der Waals surface area contributed by atoms with E-state index in [4.69, 9.17) is 15.2 Å². The lowest BCUT2D eigenvalue weighted by atomic mass is 10.1. The molecule has 2 rings (SSSR count). The Bertz CT molecular complexity index is 583. The SMILES string of the molecule is CCOC(=O)N1CCC(NC(N)=NCc2cccc(COC)c2)CC1. The van der Waals surface area contributed by atoms with Gasteiger partial charge in [-0.1, -0.05) is 24.3 Å². The molecule has 0 bridgehead atoms. The van der Waals surface area contributed by atoms with E-state index in [1.54, 1.807) is 12.0 Å². The molecule has 7 heteroatoms. The van der Waals surface area contributed by atoms with Crippen LogP contribution in [-0.2, 0) is 22.6 Å². The van der Waals surface area contributed by atoms with Crippen LogP contribution < -0.4 is 11.1 Å². The Morgan fingerprint density at radius 1 is 1.36 bits per heavy atom. The van der Waals surface area contributed by atoms with Gasteiger partial charge in [-0.25, -0.2) is 9.79 Å². The quantitative estimate of drug-likeness (QED) is 0.605. The molecule has 0 radical (unpaired) electrons. The Morgan fingerprint density at radius 3 is 2.76 bits per heavy atom. The number of ether oxygens (including phenoxy) is 2. The average Bonchev–Trinajstić information content (AvgIpc) is 2.61. The number of amides is 1. The molecule has 1 heterocycles. The van der Waals surface area contributed by atoms with Gasteiger partial charge in [0.15, 0.2) is 5.96 Å². The highest BCUT2D eigenvalue weighted by Gasteiger charge is 2.23. The van der Waals surface area contributed by atoms with Crippen LogP contribution >= 0.6 is 0 Å². The topological polar surface area (TPSA) is 89.2 Å². The maximum atomic E-state index is 11.7. The molecule has 3 N–H and O–H groups in total. The lowest BCUT2D eigenvalue weighted by Crippen LogP contribution is -2.48. The van der Waals surface area contributed by atoms with Gasteiger partial charge >= 0.3 is 6.09 Å². The first-order valence-electron chi connectivity index (χ1n) is 8.67. The highest BCUT2D eigenvalue weighted by atomic mass is 16.6. The number of likely N-dealkylation sites (tertiary alicyclic amines) is 1. The zero-order valence-electron chi connectivity index (χ0n) is 15.0. The number of aliphatic imine (C=N–C) groups is 1. The number of methoxy groups -OCH3 is 1. The van der Waals surface area contributed by atoms with Crippen LogP contribution in [0.2, 0.25) is 0 Å². The van der Waals surface area contributed by atoms with Gasteiger partial charge in [-0.05, 0) is 30.9 Å². The number of nitrogens with two attached hydrogens (primary N) is 1. The van der Waals surface area contributed by atoms with Crippen molar-refractivity contribution >= 4 is 12.1 Å². The predicted molar refractivity (Wildman–Crippen MR) is 97.2 cm³/mol. The van der Waals surface area contributed by atoms with Crippen molar-refractivity contribution in [2.75, 3.05) is 26.8 Å². The van der Waals surface area contributed by atoms with E-state index < -0.39 is 0 Å². The molecule has 0 spiro atoms. The lowest BCUT2D eigenvalue weighted by molar-refractivity contribution is 0.0963. The summed E-state index contributed by atoms with van der Waals surface area (Å²) in [6.45, 7) is 4.67. The summed E-state index contributed by atoms with van der Waals surface area (Å²) in [5, 5.41) is 3.24. The molecule has 1 aliphatic rings. The molecule has 1 fully saturated rings. The normalized spacial score (nSPS) is 15.9. The van der Waals surface area contributed by atoms with Crippen molar-refractivity contribution < 1.29 is 14.3 Å². The Morgan fingerprint density at radius 2 is 2.08 bits per heavy atom. The second-order valence-electron chi connectivity index (χ2n) is 6.06. The first-order chi connectivity index (χ1) is 12.1. The molecule has 7 nitrogen and oxygen atoms in total. The Hall–Kier alpha value is -2.28. The summed E-state index contributed by atoms with van der Waals surface area (Å²) < 4.78 is 10.2. The summed E-state index contributed by atoms with van der Waals surface area (Å²) in [6.07, 6.45) is 1.43. The van der Waals surface area contributed by atoms with Crippen molar-refractivity contribution in [3.63, 3.8) is 0 Å². The molecule has 1 saturated heterocycles. The van der Waals surface area contributed by atoms with Crippen LogP contribution in [0.3, 0.4) is 0 Å². The first-order valence-corrected chi connectivity index (χ1v) is 8.67. The van der Waals surface area contributed by atoms with Crippen LogP contribution in [-0.4, -0.2) is 49.8 Å². The fourth-order valence-corrected chi connectivity index (χ4v) is 2.84. The van der Waals surface area contributed by atoms with E-state index in [2.05, 4.69) is 16.4 Å². The highest BCUT2D eigenvalue weighted by molar-refractivity contribution is 5.78. The van der Waals surface area contributed by atoms with E-state index in [1.807, 2.05) is 25.1 Å². The molecule has 0 aliphatic carbocycles. The van der Waals surface area contributed by atoms with Crippen molar-refractivity contribution in [3.8, 4) is 0 Å². The lowest BCUT2D eigenvalue weighted by Gasteiger charge is -2.31. The number of piperidine rings is 1. The third kappa shape index (κ3) is 6.26. The molecule has 138 valence electrons. The Labute approximate surface area is 149 Å². The van der Waals surface area contributed by atoms with Gasteiger partial charge in [-0.15, -0.1) is 0 Å². The number of rotatable bonds is 6. The molecule has 1 amide bonds. The van der Waals surface area contributed by atoms with Gasteiger partial charge < -0.3 is 25.4 Å². The van der Waals surface area contributed by atoms with Gasteiger partial charge in [0.05, 0.1) is 19.8 Å². The third-order valence-corrected chi connectivity index (χ3v) is 4.11. The maximum absolute atomic E-state index is 11.7. The monoisotopic (exact) mass is 348 g/mol. The van der Waals surface area contributed by atoms with Gasteiger partial charge in [0.25, 0.3) is 0 Å². The minimum absolute atomic E-state index is 0.231. The predicted octanol–water partition coefficient (Wildman–Crippen LogP) is 1.86. The first kappa shape index (κ1) is 19.1. The minimum Gasteiger partial charge on any atom is -0.450 e. The second-order valence-corrected chi connectivity index (χ2v) is 6.06. The van der Waals surface area contributed by atoms with Crippen molar-refractivity contribution in [1.29, 1.82) is 0 Å². The number of hydrogen-bond donors (Lipinski definition) is 2. The number of hydrogen-bond acceptors (Lipinski definition) is 4. The van der Waals surface area contributed by atoms with Gasteiger partial charge in [0, 0.05) is 26.2 Å². The van der Waals surface area contributed by atoms with Crippen LogP contribution in [0.1, 0.15) is 30.9 Å². The summed E-state index contributed by atoms with van der Waals surface area (Å²) in [5.74, 6) is 0.437. The van der Waals surface area contributed by atoms with Crippen LogP contribution in [0.15, 0.2) is 29.3 Å². The minimum atomic E-state index is -0.237. The second kappa shape index (κ2) is 9.88. The zero-order valence-corrected chi connectivity index (χ0v) is 15.0. The summed E-state index contributed by atoms with van der Waals surface area (Å²) in [7, 11) is 1.68. The maximum Gasteiger partial charge on any atom is 0.409 e. The molecule has 25 heavy (non-hydrogen) atoms. The van der Waals surface area contributed by atoms with Crippen LogP contribution in [0.4, 0.5) is 4.79 Å². The van der Waals surface area contributed by atoms with Crippen molar-refractivity contribution in [1.82, 2.24) is 10.2 Å². The fraction of sp³-hybridized carbons (Fsp3) is 0.556. The van der Waals surface area contributed by atoms with Gasteiger partial charge in [-0.3, -0.25) is 0 Å². The Balaban J connectivity index is 1.78. The van der Waals surface area contributed by atoms with E-state index in [-0.39, 0.29) is 12.1 Å². The summed E-state index contributed by atoms with van der Waals surface area (Å²) >= 11 is 0. The molecular weight excluding hydrogens is 320 g/mol. The van der Waals surface area contributed by atoms with Gasteiger partial charge in [-0.2, -0.15) is 0 Å². The molecule has 0 atom stereocenters. The zero-order chi connectivity index (χ0) is 18.1. The van der Waals surface area contributed by atoms with E-state index in [0.29, 0.717) is 38.8 Å². The van der Waals surface area contributed by atoms with Gasteiger partial charge in [0.2, 0.25) is 0 Å².